The quantitative estimate of drug-likeness (QED) is 0.836. The predicted octanol–water partition coefficient (Wildman–Crippen LogP) is 4.09. The zero-order valence-corrected chi connectivity index (χ0v) is 13.7. The van der Waals surface area contributed by atoms with Gasteiger partial charge in [0.2, 0.25) is 0 Å². The molecule has 3 nitrogen and oxygen atoms in total. The Morgan fingerprint density at radius 2 is 1.73 bits per heavy atom. The van der Waals surface area contributed by atoms with Crippen molar-refractivity contribution in [3.63, 3.8) is 0 Å². The summed E-state index contributed by atoms with van der Waals surface area (Å²) in [5.41, 5.74) is 8.79. The van der Waals surface area contributed by atoms with Crippen LogP contribution in [0.4, 0.5) is 0 Å². The van der Waals surface area contributed by atoms with E-state index < -0.39 is 6.04 Å². The maximum absolute atomic E-state index is 11.5. The highest BCUT2D eigenvalue weighted by Crippen LogP contribution is 2.28. The van der Waals surface area contributed by atoms with Gasteiger partial charge in [0, 0.05) is 0 Å². The molecule has 22 heavy (non-hydrogen) atoms. The molecule has 0 aliphatic carbocycles. The molecule has 0 aliphatic rings. The molecule has 0 bridgehead atoms. The van der Waals surface area contributed by atoms with Gasteiger partial charge in [-0.25, -0.2) is 0 Å². The SMILES string of the molecule is CCOC(=O)C(N)Cc1ccc(-c2ccc(Cl)c(Cl)c2)cc1. The number of rotatable bonds is 5. The fraction of sp³-hybridized carbons (Fsp3) is 0.235. The Kier molecular flexibility index (Phi) is 5.83. The smallest absolute Gasteiger partial charge is 0.323 e. The van der Waals surface area contributed by atoms with Gasteiger partial charge in [-0.2, -0.15) is 0 Å². The maximum atomic E-state index is 11.5. The summed E-state index contributed by atoms with van der Waals surface area (Å²) in [7, 11) is 0. The lowest BCUT2D eigenvalue weighted by Gasteiger charge is -2.11. The molecule has 0 radical (unpaired) electrons. The first-order chi connectivity index (χ1) is 10.5. The van der Waals surface area contributed by atoms with E-state index in [1.54, 1.807) is 13.0 Å². The van der Waals surface area contributed by atoms with Gasteiger partial charge >= 0.3 is 5.97 Å². The van der Waals surface area contributed by atoms with Crippen molar-refractivity contribution in [2.75, 3.05) is 6.61 Å². The number of ether oxygens (including phenoxy) is 1. The molecular formula is C17H17Cl2NO2. The zero-order chi connectivity index (χ0) is 16.1. The number of hydrogen-bond acceptors (Lipinski definition) is 3. The largest absolute Gasteiger partial charge is 0.465 e. The van der Waals surface area contributed by atoms with Crippen LogP contribution in [0.15, 0.2) is 42.5 Å². The van der Waals surface area contributed by atoms with Crippen molar-refractivity contribution in [3.05, 3.63) is 58.1 Å². The standard InChI is InChI=1S/C17H17Cl2NO2/c1-2-22-17(21)16(20)9-11-3-5-12(6-4-11)13-7-8-14(18)15(19)10-13/h3-8,10,16H,2,9,20H2,1H3. The third-order valence-corrected chi connectivity index (χ3v) is 3.99. The molecule has 0 saturated carbocycles. The lowest BCUT2D eigenvalue weighted by molar-refractivity contribution is -0.144. The van der Waals surface area contributed by atoms with Gasteiger partial charge in [0.25, 0.3) is 0 Å². The van der Waals surface area contributed by atoms with Gasteiger partial charge in [-0.3, -0.25) is 4.79 Å². The first-order valence-electron chi connectivity index (χ1n) is 6.98. The van der Waals surface area contributed by atoms with E-state index in [2.05, 4.69) is 0 Å². The number of hydrogen-bond donors (Lipinski definition) is 1. The van der Waals surface area contributed by atoms with Crippen molar-refractivity contribution in [3.8, 4) is 11.1 Å². The van der Waals surface area contributed by atoms with Crippen molar-refractivity contribution in [1.82, 2.24) is 0 Å². The number of nitrogens with two attached hydrogens (primary N) is 1. The molecule has 1 atom stereocenters. The van der Waals surface area contributed by atoms with Gasteiger partial charge < -0.3 is 10.5 Å². The second-order valence-electron chi connectivity index (χ2n) is 4.89. The molecule has 2 N–H and O–H groups in total. The zero-order valence-electron chi connectivity index (χ0n) is 12.2. The minimum atomic E-state index is -0.643. The van der Waals surface area contributed by atoms with Crippen LogP contribution in [0.2, 0.25) is 10.0 Å². The molecule has 0 spiro atoms. The van der Waals surface area contributed by atoms with Gasteiger partial charge in [0.15, 0.2) is 0 Å². The molecule has 0 amide bonds. The number of carbonyl (C=O) groups is 1. The average molecular weight is 338 g/mol. The summed E-state index contributed by atoms with van der Waals surface area (Å²) in [6.07, 6.45) is 0.445. The molecule has 0 fully saturated rings. The van der Waals surface area contributed by atoms with Crippen LogP contribution < -0.4 is 5.73 Å². The van der Waals surface area contributed by atoms with E-state index in [-0.39, 0.29) is 5.97 Å². The molecule has 5 heteroatoms. The van der Waals surface area contributed by atoms with Gasteiger partial charge in [-0.15, -0.1) is 0 Å². The Bertz CT molecular complexity index is 656. The van der Waals surface area contributed by atoms with Gasteiger partial charge in [-0.1, -0.05) is 53.5 Å². The topological polar surface area (TPSA) is 52.3 Å². The normalized spacial score (nSPS) is 12.0. The first kappa shape index (κ1) is 16.8. The van der Waals surface area contributed by atoms with E-state index in [0.717, 1.165) is 16.7 Å². The van der Waals surface area contributed by atoms with E-state index in [9.17, 15) is 4.79 Å². The van der Waals surface area contributed by atoms with Crippen molar-refractivity contribution in [1.29, 1.82) is 0 Å². The van der Waals surface area contributed by atoms with Crippen molar-refractivity contribution < 1.29 is 9.53 Å². The Morgan fingerprint density at radius 3 is 2.32 bits per heavy atom. The summed E-state index contributed by atoms with van der Waals surface area (Å²) < 4.78 is 4.90. The lowest BCUT2D eigenvalue weighted by atomic mass is 10.0. The predicted molar refractivity (Wildman–Crippen MR) is 90.2 cm³/mol. The number of benzene rings is 2. The van der Waals surface area contributed by atoms with Crippen LogP contribution in [0.1, 0.15) is 12.5 Å². The number of esters is 1. The van der Waals surface area contributed by atoms with E-state index in [0.29, 0.717) is 23.1 Å². The Labute approximate surface area is 140 Å². The van der Waals surface area contributed by atoms with Crippen LogP contribution in [0.25, 0.3) is 11.1 Å². The van der Waals surface area contributed by atoms with Crippen LogP contribution >= 0.6 is 23.2 Å². The molecule has 0 aliphatic heterocycles. The Hall–Kier alpha value is -1.55. The second-order valence-corrected chi connectivity index (χ2v) is 5.70. The van der Waals surface area contributed by atoms with E-state index in [1.165, 1.54) is 0 Å². The molecule has 2 rings (SSSR count). The summed E-state index contributed by atoms with van der Waals surface area (Å²) in [6.45, 7) is 2.10. The second kappa shape index (κ2) is 7.63. The maximum Gasteiger partial charge on any atom is 0.323 e. The van der Waals surface area contributed by atoms with Crippen LogP contribution in [0.3, 0.4) is 0 Å². The van der Waals surface area contributed by atoms with Crippen molar-refractivity contribution in [2.24, 2.45) is 5.73 Å². The summed E-state index contributed by atoms with van der Waals surface area (Å²) >= 11 is 11.9. The monoisotopic (exact) mass is 337 g/mol. The summed E-state index contributed by atoms with van der Waals surface area (Å²) in [6, 6.07) is 12.7. The molecule has 0 saturated heterocycles. The highest BCUT2D eigenvalue weighted by atomic mass is 35.5. The Morgan fingerprint density at radius 1 is 1.09 bits per heavy atom. The highest BCUT2D eigenvalue weighted by Gasteiger charge is 2.15. The Balaban J connectivity index is 2.10. The van der Waals surface area contributed by atoms with Gasteiger partial charge in [-0.05, 0) is 42.2 Å². The van der Waals surface area contributed by atoms with Crippen LogP contribution in [-0.2, 0) is 16.0 Å². The number of halogens is 2. The van der Waals surface area contributed by atoms with Crippen LogP contribution in [0.5, 0.6) is 0 Å². The van der Waals surface area contributed by atoms with Crippen LogP contribution in [-0.4, -0.2) is 18.6 Å². The van der Waals surface area contributed by atoms with Crippen molar-refractivity contribution >= 4 is 29.2 Å². The fourth-order valence-corrected chi connectivity index (χ4v) is 2.39. The number of carbonyl (C=O) groups excluding carboxylic acids is 1. The molecule has 0 heterocycles. The minimum absolute atomic E-state index is 0.336. The third-order valence-electron chi connectivity index (χ3n) is 3.25. The third kappa shape index (κ3) is 4.23. The van der Waals surface area contributed by atoms with Crippen LogP contribution in [0, 0.1) is 0 Å². The van der Waals surface area contributed by atoms with Gasteiger partial charge in [0.1, 0.15) is 6.04 Å². The summed E-state index contributed by atoms with van der Waals surface area (Å²) in [4.78, 5) is 11.5. The molecule has 0 aromatic heterocycles. The molecule has 2 aromatic carbocycles. The summed E-state index contributed by atoms with van der Waals surface area (Å²) in [5.74, 6) is -0.379. The van der Waals surface area contributed by atoms with Crippen molar-refractivity contribution in [2.45, 2.75) is 19.4 Å². The first-order valence-corrected chi connectivity index (χ1v) is 7.73. The lowest BCUT2D eigenvalue weighted by Crippen LogP contribution is -2.34. The molecule has 2 aromatic rings. The fourth-order valence-electron chi connectivity index (χ4n) is 2.10. The van der Waals surface area contributed by atoms with Gasteiger partial charge in [0.05, 0.1) is 16.7 Å². The summed E-state index contributed by atoms with van der Waals surface area (Å²) in [5, 5.41) is 1.05. The average Bonchev–Trinajstić information content (AvgIpc) is 2.51. The minimum Gasteiger partial charge on any atom is -0.465 e. The molecule has 116 valence electrons. The highest BCUT2D eigenvalue weighted by molar-refractivity contribution is 6.42. The molecule has 1 unspecified atom stereocenters. The molecular weight excluding hydrogens is 321 g/mol. The van der Waals surface area contributed by atoms with E-state index in [4.69, 9.17) is 33.7 Å². The van der Waals surface area contributed by atoms with E-state index in [1.807, 2.05) is 36.4 Å². The van der Waals surface area contributed by atoms with E-state index >= 15 is 0 Å².